The molecule has 4 N–H and O–H groups in total. The van der Waals surface area contributed by atoms with Crippen LogP contribution in [0, 0.1) is 13.8 Å². The van der Waals surface area contributed by atoms with Crippen molar-refractivity contribution in [1.29, 1.82) is 0 Å². The highest BCUT2D eigenvalue weighted by Gasteiger charge is 2.55. The summed E-state index contributed by atoms with van der Waals surface area (Å²) in [6.07, 6.45) is -1.90. The van der Waals surface area contributed by atoms with Crippen molar-refractivity contribution in [3.8, 4) is 11.3 Å². The van der Waals surface area contributed by atoms with Crippen LogP contribution in [0.1, 0.15) is 27.2 Å². The summed E-state index contributed by atoms with van der Waals surface area (Å²) in [6, 6.07) is 11.8. The maximum absolute atomic E-state index is 14.1. The van der Waals surface area contributed by atoms with Crippen molar-refractivity contribution in [2.75, 3.05) is 12.3 Å². The van der Waals surface area contributed by atoms with Crippen LogP contribution in [0.4, 0.5) is 19.0 Å². The predicted molar refractivity (Wildman–Crippen MR) is 121 cm³/mol. The highest BCUT2D eigenvalue weighted by molar-refractivity contribution is 5.94. The molecule has 176 valence electrons. The summed E-state index contributed by atoms with van der Waals surface area (Å²) in [5, 5.41) is 13.0. The molecule has 0 bridgehead atoms. The average molecular weight is 469 g/mol. The lowest BCUT2D eigenvalue weighted by Gasteiger charge is -2.31. The number of halogens is 3. The van der Waals surface area contributed by atoms with Crippen molar-refractivity contribution in [3.05, 3.63) is 83.3 Å². The molecule has 0 aliphatic heterocycles. The molecule has 0 saturated heterocycles. The number of alkyl halides is 3. The number of benzene rings is 2. The standard InChI is InChI=1S/C24H22F3N5O2/c1-14-8-9-17(10-18(14)19-11-29-21-20(28)31-15(2)12-32(19)21)23(34,24(25,26)27)13-30-22(33)16-6-4-3-5-7-16/h3-12,34H,13H2,1-2H3,(H2,28,31)(H,30,33). The molecule has 10 heteroatoms. The highest BCUT2D eigenvalue weighted by atomic mass is 19.4. The van der Waals surface area contributed by atoms with Gasteiger partial charge in [0.2, 0.25) is 5.60 Å². The summed E-state index contributed by atoms with van der Waals surface area (Å²) < 4.78 is 44.0. The first-order valence-corrected chi connectivity index (χ1v) is 10.4. The Kier molecular flexibility index (Phi) is 5.78. The molecular weight excluding hydrogens is 447 g/mol. The summed E-state index contributed by atoms with van der Waals surface area (Å²) in [5.41, 5.74) is 4.93. The number of aromatic nitrogens is 3. The fourth-order valence-electron chi connectivity index (χ4n) is 3.76. The van der Waals surface area contributed by atoms with Gasteiger partial charge in [-0.3, -0.25) is 9.20 Å². The summed E-state index contributed by atoms with van der Waals surface area (Å²) in [6.45, 7) is 2.41. The van der Waals surface area contributed by atoms with Gasteiger partial charge in [0, 0.05) is 17.3 Å². The van der Waals surface area contributed by atoms with Crippen LogP contribution >= 0.6 is 0 Å². The first-order chi connectivity index (χ1) is 16.0. The van der Waals surface area contributed by atoms with Gasteiger partial charge in [0.1, 0.15) is 0 Å². The lowest BCUT2D eigenvalue weighted by Crippen LogP contribution is -2.51. The van der Waals surface area contributed by atoms with E-state index in [1.165, 1.54) is 36.5 Å². The monoisotopic (exact) mass is 469 g/mol. The van der Waals surface area contributed by atoms with Gasteiger partial charge >= 0.3 is 6.18 Å². The Morgan fingerprint density at radius 3 is 2.53 bits per heavy atom. The van der Waals surface area contributed by atoms with Crippen LogP contribution in [0.3, 0.4) is 0 Å². The number of aryl methyl sites for hydroxylation is 2. The number of nitrogens with two attached hydrogens (primary N) is 1. The Morgan fingerprint density at radius 2 is 1.85 bits per heavy atom. The van der Waals surface area contributed by atoms with Gasteiger partial charge < -0.3 is 16.2 Å². The van der Waals surface area contributed by atoms with Crippen LogP contribution in [-0.2, 0) is 5.60 Å². The Balaban J connectivity index is 1.76. The third kappa shape index (κ3) is 4.08. The molecule has 0 aliphatic rings. The number of hydrogen-bond donors (Lipinski definition) is 3. The number of carbonyl (C=O) groups excluding carboxylic acids is 1. The maximum atomic E-state index is 14.1. The zero-order valence-corrected chi connectivity index (χ0v) is 18.4. The molecule has 4 aromatic rings. The van der Waals surface area contributed by atoms with Crippen molar-refractivity contribution in [1.82, 2.24) is 19.7 Å². The van der Waals surface area contributed by atoms with Crippen LogP contribution in [0.15, 0.2) is 60.9 Å². The van der Waals surface area contributed by atoms with E-state index < -0.39 is 29.8 Å². The Hall–Kier alpha value is -3.92. The molecule has 0 spiro atoms. The molecule has 0 saturated carbocycles. The van der Waals surface area contributed by atoms with Gasteiger partial charge in [-0.15, -0.1) is 0 Å². The average Bonchev–Trinajstić information content (AvgIpc) is 3.21. The topological polar surface area (TPSA) is 106 Å². The number of nitrogens with one attached hydrogen (secondary N) is 1. The van der Waals surface area contributed by atoms with E-state index in [1.54, 1.807) is 42.6 Å². The van der Waals surface area contributed by atoms with Crippen LogP contribution < -0.4 is 11.1 Å². The van der Waals surface area contributed by atoms with Crippen molar-refractivity contribution >= 4 is 17.4 Å². The molecule has 0 aliphatic carbocycles. The Labute approximate surface area is 193 Å². The summed E-state index contributed by atoms with van der Waals surface area (Å²) in [5.74, 6) is -0.536. The minimum Gasteiger partial charge on any atom is -0.381 e. The third-order valence-corrected chi connectivity index (χ3v) is 5.64. The quantitative estimate of drug-likeness (QED) is 0.413. The van der Waals surface area contributed by atoms with Gasteiger partial charge in [-0.25, -0.2) is 9.97 Å². The molecule has 1 amide bonds. The highest BCUT2D eigenvalue weighted by Crippen LogP contribution is 2.40. The van der Waals surface area contributed by atoms with Crippen molar-refractivity contribution in [2.45, 2.75) is 25.6 Å². The number of imidazole rings is 1. The molecule has 0 radical (unpaired) electrons. The van der Waals surface area contributed by atoms with Crippen LogP contribution in [0.2, 0.25) is 0 Å². The van der Waals surface area contributed by atoms with Crippen molar-refractivity contribution < 1.29 is 23.1 Å². The summed E-state index contributed by atoms with van der Waals surface area (Å²) in [4.78, 5) is 20.7. The number of fused-ring (bicyclic) bond motifs is 1. The summed E-state index contributed by atoms with van der Waals surface area (Å²) >= 11 is 0. The number of amides is 1. The van der Waals surface area contributed by atoms with Crippen LogP contribution in [0.25, 0.3) is 16.9 Å². The van der Waals surface area contributed by atoms with Crippen molar-refractivity contribution in [3.63, 3.8) is 0 Å². The van der Waals surface area contributed by atoms with Gasteiger partial charge in [0.25, 0.3) is 5.91 Å². The molecule has 34 heavy (non-hydrogen) atoms. The van der Waals surface area contributed by atoms with E-state index >= 15 is 0 Å². The van der Waals surface area contributed by atoms with Gasteiger partial charge in [0.15, 0.2) is 11.5 Å². The number of anilines is 1. The second kappa shape index (κ2) is 8.45. The number of nitrogens with zero attached hydrogens (tertiary/aromatic N) is 3. The first-order valence-electron chi connectivity index (χ1n) is 10.4. The predicted octanol–water partition coefficient (Wildman–Crippen LogP) is 3.78. The first kappa shape index (κ1) is 23.2. The van der Waals surface area contributed by atoms with Crippen molar-refractivity contribution in [2.24, 2.45) is 0 Å². The molecule has 2 aromatic carbocycles. The fourth-order valence-corrected chi connectivity index (χ4v) is 3.76. The van der Waals surface area contributed by atoms with E-state index in [4.69, 9.17) is 5.73 Å². The minimum atomic E-state index is -5.06. The Bertz CT molecular complexity index is 1370. The second-order valence-electron chi connectivity index (χ2n) is 8.04. The normalized spacial score (nSPS) is 13.6. The van der Waals surface area contributed by atoms with Gasteiger partial charge in [-0.2, -0.15) is 13.2 Å². The van der Waals surface area contributed by atoms with E-state index in [1.807, 2.05) is 0 Å². The molecule has 7 nitrogen and oxygen atoms in total. The largest absolute Gasteiger partial charge is 0.423 e. The fraction of sp³-hybridized carbons (Fsp3) is 0.208. The molecular formula is C24H22F3N5O2. The smallest absolute Gasteiger partial charge is 0.381 e. The number of carbonyl (C=O) groups is 1. The third-order valence-electron chi connectivity index (χ3n) is 5.64. The zero-order chi connectivity index (χ0) is 24.7. The van der Waals surface area contributed by atoms with E-state index in [0.717, 1.165) is 0 Å². The zero-order valence-electron chi connectivity index (χ0n) is 18.4. The second-order valence-corrected chi connectivity index (χ2v) is 8.04. The van der Waals surface area contributed by atoms with Gasteiger partial charge in [0.05, 0.1) is 24.1 Å². The number of aliphatic hydroxyl groups is 1. The van der Waals surface area contributed by atoms with E-state index in [-0.39, 0.29) is 11.4 Å². The maximum Gasteiger partial charge on any atom is 0.423 e. The van der Waals surface area contributed by atoms with Crippen LogP contribution in [-0.4, -0.2) is 38.1 Å². The summed E-state index contributed by atoms with van der Waals surface area (Å²) in [7, 11) is 0. The molecule has 0 fully saturated rings. The molecule has 2 heterocycles. The van der Waals surface area contributed by atoms with E-state index in [9.17, 15) is 23.1 Å². The molecule has 1 unspecified atom stereocenters. The minimum absolute atomic E-state index is 0.184. The number of hydrogen-bond acceptors (Lipinski definition) is 5. The SMILES string of the molecule is Cc1cn2c(-c3cc(C(O)(CNC(=O)c4ccccc4)C(F)(F)F)ccc3C)cnc2c(N)n1. The van der Waals surface area contributed by atoms with E-state index in [2.05, 4.69) is 15.3 Å². The van der Waals surface area contributed by atoms with E-state index in [0.29, 0.717) is 28.2 Å². The van der Waals surface area contributed by atoms with Gasteiger partial charge in [-0.05, 0) is 43.2 Å². The Morgan fingerprint density at radius 1 is 1.15 bits per heavy atom. The number of nitrogen functional groups attached to an aromatic ring is 1. The van der Waals surface area contributed by atoms with Crippen LogP contribution in [0.5, 0.6) is 0 Å². The lowest BCUT2D eigenvalue weighted by atomic mass is 9.89. The molecule has 4 rings (SSSR count). The number of rotatable bonds is 5. The molecule has 2 aromatic heterocycles. The lowest BCUT2D eigenvalue weighted by molar-refractivity contribution is -0.263. The molecule has 1 atom stereocenters. The van der Waals surface area contributed by atoms with Gasteiger partial charge in [-0.1, -0.05) is 30.3 Å².